The average molecular weight is 261 g/mol. The minimum Gasteiger partial charge on any atom is -0.385 e. The second kappa shape index (κ2) is 8.28. The van der Waals surface area contributed by atoms with Crippen molar-refractivity contribution in [3.05, 3.63) is 0 Å². The summed E-state index contributed by atoms with van der Waals surface area (Å²) in [5, 5.41) is 5.17. The molecule has 0 amide bonds. The van der Waals surface area contributed by atoms with Gasteiger partial charge in [-0.3, -0.25) is 0 Å². The van der Waals surface area contributed by atoms with Crippen LogP contribution in [0.1, 0.15) is 38.5 Å². The van der Waals surface area contributed by atoms with Gasteiger partial charge in [-0.15, -0.1) is 12.6 Å². The van der Waals surface area contributed by atoms with Crippen LogP contribution >= 0.6 is 24.8 Å². The molecule has 0 bridgehead atoms. The van der Waals surface area contributed by atoms with Crippen LogP contribution in [-0.4, -0.2) is 40.5 Å². The average Bonchev–Trinajstić information content (AvgIpc) is 2.31. The summed E-state index contributed by atoms with van der Waals surface area (Å²) in [4.78, 5) is 0. The van der Waals surface area contributed by atoms with Crippen molar-refractivity contribution < 1.29 is 0 Å². The lowest BCUT2D eigenvalue weighted by Gasteiger charge is -2.39. The molecule has 2 fully saturated rings. The molecular weight excluding hydrogens is 238 g/mol. The summed E-state index contributed by atoms with van der Waals surface area (Å²) in [6, 6.07) is 0. The van der Waals surface area contributed by atoms with Gasteiger partial charge in [0.05, 0.1) is 0 Å². The highest BCUT2D eigenvalue weighted by Crippen LogP contribution is 2.16. The van der Waals surface area contributed by atoms with Crippen molar-refractivity contribution in [3.8, 4) is 0 Å². The van der Waals surface area contributed by atoms with E-state index in [9.17, 15) is 0 Å². The van der Waals surface area contributed by atoms with Gasteiger partial charge in [-0.2, -0.15) is 0 Å². The topological polar surface area (TPSA) is 32.5 Å². The lowest BCUT2D eigenvalue weighted by molar-refractivity contribution is -0.0518. The Kier molecular flexibility index (Phi) is 7.36. The summed E-state index contributed by atoms with van der Waals surface area (Å²) in [7, 11) is 0. The van der Waals surface area contributed by atoms with Gasteiger partial charge in [-0.25, -0.2) is 10.0 Å². The predicted octanol–water partition coefficient (Wildman–Crippen LogP) is 2.03. The molecule has 0 aromatic carbocycles. The highest BCUT2D eigenvalue weighted by atomic mass is 32.1. The molecule has 0 aromatic heterocycles. The van der Waals surface area contributed by atoms with Crippen LogP contribution in [0.25, 0.3) is 0 Å². The van der Waals surface area contributed by atoms with Crippen LogP contribution in [0.3, 0.4) is 0 Å². The Morgan fingerprint density at radius 2 is 1.06 bits per heavy atom. The smallest absolute Gasteiger partial charge is 0.128 e. The van der Waals surface area contributed by atoms with Gasteiger partial charge in [-0.05, 0) is 25.7 Å². The van der Waals surface area contributed by atoms with Crippen LogP contribution in [-0.2, 0) is 0 Å². The molecule has 0 radical (unpaired) electrons. The van der Waals surface area contributed by atoms with Gasteiger partial charge in [-0.1, -0.05) is 25.1 Å². The summed E-state index contributed by atoms with van der Waals surface area (Å²) in [5.41, 5.74) is 4.71. The van der Waals surface area contributed by atoms with E-state index in [0.29, 0.717) is 0 Å². The number of thiol groups is 1. The van der Waals surface area contributed by atoms with Gasteiger partial charge in [0.1, 0.15) is 4.32 Å². The number of hydrogen-bond donors (Lipinski definition) is 2. The summed E-state index contributed by atoms with van der Waals surface area (Å²) in [6.45, 7) is 5.28. The lowest BCUT2D eigenvalue weighted by atomic mass is 10.1. The Hall–Kier alpha value is 0.160. The SMILES string of the molecule is C1CCN(N2CCCCC2)CC1.NC(=S)S. The second-order valence-electron chi connectivity index (χ2n) is 4.37. The van der Waals surface area contributed by atoms with Gasteiger partial charge >= 0.3 is 0 Å². The van der Waals surface area contributed by atoms with E-state index in [1.54, 1.807) is 0 Å². The zero-order valence-electron chi connectivity index (χ0n) is 9.90. The van der Waals surface area contributed by atoms with E-state index >= 15 is 0 Å². The molecule has 94 valence electrons. The molecule has 0 unspecified atom stereocenters. The molecular formula is C11H23N3S2. The minimum atomic E-state index is 0.194. The molecule has 0 aliphatic carbocycles. The number of nitrogens with two attached hydrogens (primary N) is 1. The van der Waals surface area contributed by atoms with E-state index in [1.165, 1.54) is 64.7 Å². The van der Waals surface area contributed by atoms with Gasteiger partial charge in [0.15, 0.2) is 0 Å². The molecule has 16 heavy (non-hydrogen) atoms. The Balaban J connectivity index is 0.000000280. The number of nitrogens with zero attached hydrogens (tertiary/aromatic N) is 2. The van der Waals surface area contributed by atoms with E-state index in [4.69, 9.17) is 5.73 Å². The molecule has 2 rings (SSSR count). The van der Waals surface area contributed by atoms with Crippen LogP contribution in [0.2, 0.25) is 0 Å². The van der Waals surface area contributed by atoms with Gasteiger partial charge < -0.3 is 5.73 Å². The van der Waals surface area contributed by atoms with Crippen LogP contribution in [0, 0.1) is 0 Å². The molecule has 2 N–H and O–H groups in total. The molecule has 2 saturated heterocycles. The maximum absolute atomic E-state index is 4.71. The van der Waals surface area contributed by atoms with Crippen molar-refractivity contribution in [1.82, 2.24) is 10.0 Å². The first-order valence-corrected chi connectivity index (χ1v) is 7.04. The fraction of sp³-hybridized carbons (Fsp3) is 0.909. The summed E-state index contributed by atoms with van der Waals surface area (Å²) in [5.74, 6) is 0. The fourth-order valence-electron chi connectivity index (χ4n) is 2.32. The third kappa shape index (κ3) is 6.03. The van der Waals surface area contributed by atoms with Crippen molar-refractivity contribution in [3.63, 3.8) is 0 Å². The predicted molar refractivity (Wildman–Crippen MR) is 76.6 cm³/mol. The van der Waals surface area contributed by atoms with Crippen molar-refractivity contribution in [2.24, 2.45) is 5.73 Å². The largest absolute Gasteiger partial charge is 0.385 e. The third-order valence-corrected chi connectivity index (χ3v) is 3.06. The first-order valence-electron chi connectivity index (χ1n) is 6.18. The molecule has 0 atom stereocenters. The van der Waals surface area contributed by atoms with Crippen molar-refractivity contribution in [1.29, 1.82) is 0 Å². The number of hydrazine groups is 1. The van der Waals surface area contributed by atoms with Crippen molar-refractivity contribution >= 4 is 29.2 Å². The number of hydrogen-bond acceptors (Lipinski definition) is 3. The van der Waals surface area contributed by atoms with E-state index in [2.05, 4.69) is 34.9 Å². The first-order chi connectivity index (χ1) is 7.70. The summed E-state index contributed by atoms with van der Waals surface area (Å²) in [6.07, 6.45) is 8.55. The second-order valence-corrected chi connectivity index (χ2v) is 5.59. The van der Waals surface area contributed by atoms with E-state index in [-0.39, 0.29) is 4.32 Å². The molecule has 5 heteroatoms. The van der Waals surface area contributed by atoms with Crippen molar-refractivity contribution in [2.75, 3.05) is 26.2 Å². The number of thiocarbonyl (C=S) groups is 1. The normalized spacial score (nSPS) is 23.3. The Morgan fingerprint density at radius 1 is 0.812 bits per heavy atom. The highest BCUT2D eigenvalue weighted by molar-refractivity contribution is 8.10. The maximum atomic E-state index is 4.71. The monoisotopic (exact) mass is 261 g/mol. The molecule has 0 aromatic rings. The Labute approximate surface area is 110 Å². The number of piperidine rings is 2. The quantitative estimate of drug-likeness (QED) is 0.559. The molecule has 2 aliphatic rings. The van der Waals surface area contributed by atoms with Crippen LogP contribution in [0.15, 0.2) is 0 Å². The Bertz CT molecular complexity index is 179. The van der Waals surface area contributed by atoms with Crippen LogP contribution in [0.5, 0.6) is 0 Å². The zero-order chi connectivity index (χ0) is 11.8. The molecule has 3 nitrogen and oxygen atoms in total. The van der Waals surface area contributed by atoms with Crippen LogP contribution < -0.4 is 5.73 Å². The van der Waals surface area contributed by atoms with Gasteiger partial charge in [0.2, 0.25) is 0 Å². The highest BCUT2D eigenvalue weighted by Gasteiger charge is 2.19. The third-order valence-electron chi connectivity index (χ3n) is 3.06. The minimum absolute atomic E-state index is 0.194. The summed E-state index contributed by atoms with van der Waals surface area (Å²) < 4.78 is 0.194. The maximum Gasteiger partial charge on any atom is 0.128 e. The van der Waals surface area contributed by atoms with Gasteiger partial charge in [0.25, 0.3) is 0 Å². The number of rotatable bonds is 1. The standard InChI is InChI=1S/C10H20N2.CH3NS2/c1-3-7-11(8-4-1)12-9-5-2-6-10-12;2-1(3)4/h1-10H2;(H3,2,3,4). The van der Waals surface area contributed by atoms with Crippen molar-refractivity contribution in [2.45, 2.75) is 38.5 Å². The molecule has 0 spiro atoms. The lowest BCUT2D eigenvalue weighted by Crippen LogP contribution is -2.47. The molecule has 0 saturated carbocycles. The van der Waals surface area contributed by atoms with Gasteiger partial charge in [0, 0.05) is 26.2 Å². The zero-order valence-corrected chi connectivity index (χ0v) is 11.6. The molecule has 2 aliphatic heterocycles. The van der Waals surface area contributed by atoms with E-state index < -0.39 is 0 Å². The molecule has 2 heterocycles. The first kappa shape index (κ1) is 14.2. The van der Waals surface area contributed by atoms with E-state index in [0.717, 1.165) is 0 Å². The van der Waals surface area contributed by atoms with Crippen LogP contribution in [0.4, 0.5) is 0 Å². The fourth-order valence-corrected chi connectivity index (χ4v) is 2.32. The van der Waals surface area contributed by atoms with E-state index in [1.807, 2.05) is 0 Å². The Morgan fingerprint density at radius 3 is 1.31 bits per heavy atom. The summed E-state index contributed by atoms with van der Waals surface area (Å²) >= 11 is 7.65.